The Morgan fingerprint density at radius 1 is 1.73 bits per heavy atom. The van der Waals surface area contributed by atoms with Gasteiger partial charge < -0.3 is 10.4 Å². The lowest BCUT2D eigenvalue weighted by Gasteiger charge is -2.30. The van der Waals surface area contributed by atoms with Crippen LogP contribution in [-0.4, -0.2) is 49.2 Å². The Bertz CT molecular complexity index is 145. The zero-order valence-corrected chi connectivity index (χ0v) is 6.71. The van der Waals surface area contributed by atoms with Crippen LogP contribution < -0.4 is 5.32 Å². The number of carbonyl (C=O) groups is 1. The number of rotatable bonds is 4. The van der Waals surface area contributed by atoms with Gasteiger partial charge in [0.15, 0.2) is 0 Å². The minimum absolute atomic E-state index is 0.149. The molecule has 0 aromatic heterocycles. The summed E-state index contributed by atoms with van der Waals surface area (Å²) in [6.07, 6.45) is 0. The van der Waals surface area contributed by atoms with E-state index in [4.69, 9.17) is 5.11 Å². The van der Waals surface area contributed by atoms with Crippen molar-refractivity contribution in [2.75, 3.05) is 33.2 Å². The average molecular weight is 158 g/mol. The molecule has 11 heavy (non-hydrogen) atoms. The highest BCUT2D eigenvalue weighted by molar-refractivity contribution is 5.68. The molecule has 1 aliphatic rings. The van der Waals surface area contributed by atoms with E-state index in [1.807, 2.05) is 11.9 Å². The number of nitrogens with zero attached hydrogens (tertiary/aromatic N) is 1. The number of aliphatic carboxylic acids is 1. The van der Waals surface area contributed by atoms with Crippen LogP contribution in [0.2, 0.25) is 0 Å². The van der Waals surface area contributed by atoms with Crippen LogP contribution in [0.5, 0.6) is 0 Å². The Hall–Kier alpha value is -0.610. The van der Waals surface area contributed by atoms with Gasteiger partial charge in [-0.3, -0.25) is 9.69 Å². The molecular formula is C7H14N2O2. The molecule has 0 aromatic rings. The van der Waals surface area contributed by atoms with Gasteiger partial charge in [0.05, 0.1) is 6.54 Å². The third kappa shape index (κ3) is 2.86. The van der Waals surface area contributed by atoms with Crippen LogP contribution in [0.1, 0.15) is 0 Å². The van der Waals surface area contributed by atoms with Crippen molar-refractivity contribution in [3.05, 3.63) is 0 Å². The Kier molecular flexibility index (Phi) is 2.84. The van der Waals surface area contributed by atoms with Gasteiger partial charge >= 0.3 is 5.97 Å². The van der Waals surface area contributed by atoms with E-state index in [2.05, 4.69) is 5.32 Å². The van der Waals surface area contributed by atoms with Crippen LogP contribution in [0, 0.1) is 5.92 Å². The molecule has 4 nitrogen and oxygen atoms in total. The van der Waals surface area contributed by atoms with Gasteiger partial charge in [-0.1, -0.05) is 0 Å². The minimum Gasteiger partial charge on any atom is -0.480 e. The second-order valence-electron chi connectivity index (χ2n) is 3.11. The first kappa shape index (κ1) is 8.49. The molecule has 2 N–H and O–H groups in total. The fourth-order valence-electron chi connectivity index (χ4n) is 1.21. The van der Waals surface area contributed by atoms with Crippen molar-refractivity contribution in [2.24, 2.45) is 5.92 Å². The predicted molar refractivity (Wildman–Crippen MR) is 41.5 cm³/mol. The number of carboxylic acid groups (broad SMARTS) is 1. The highest BCUT2D eigenvalue weighted by Gasteiger charge is 2.18. The van der Waals surface area contributed by atoms with Crippen LogP contribution in [0.4, 0.5) is 0 Å². The van der Waals surface area contributed by atoms with E-state index in [-0.39, 0.29) is 6.54 Å². The Morgan fingerprint density at radius 2 is 2.36 bits per heavy atom. The summed E-state index contributed by atoms with van der Waals surface area (Å²) in [6, 6.07) is 0. The van der Waals surface area contributed by atoms with Gasteiger partial charge in [-0.2, -0.15) is 0 Å². The van der Waals surface area contributed by atoms with E-state index in [1.54, 1.807) is 0 Å². The summed E-state index contributed by atoms with van der Waals surface area (Å²) < 4.78 is 0. The highest BCUT2D eigenvalue weighted by atomic mass is 16.4. The molecule has 0 aliphatic carbocycles. The van der Waals surface area contributed by atoms with E-state index in [0.29, 0.717) is 5.92 Å². The van der Waals surface area contributed by atoms with E-state index < -0.39 is 5.97 Å². The first-order valence-corrected chi connectivity index (χ1v) is 3.79. The van der Waals surface area contributed by atoms with Gasteiger partial charge in [-0.05, 0) is 13.0 Å². The summed E-state index contributed by atoms with van der Waals surface area (Å²) in [5, 5.41) is 11.6. The van der Waals surface area contributed by atoms with Crippen molar-refractivity contribution in [1.82, 2.24) is 10.2 Å². The van der Waals surface area contributed by atoms with Gasteiger partial charge in [-0.25, -0.2) is 0 Å². The fourth-order valence-corrected chi connectivity index (χ4v) is 1.21. The molecule has 1 saturated heterocycles. The van der Waals surface area contributed by atoms with Crippen LogP contribution in [0.3, 0.4) is 0 Å². The van der Waals surface area contributed by atoms with Gasteiger partial charge in [0, 0.05) is 19.6 Å². The molecular weight excluding hydrogens is 144 g/mol. The van der Waals surface area contributed by atoms with E-state index in [1.165, 1.54) is 0 Å². The molecule has 0 atom stereocenters. The van der Waals surface area contributed by atoms with Gasteiger partial charge in [0.25, 0.3) is 0 Å². The van der Waals surface area contributed by atoms with Crippen molar-refractivity contribution < 1.29 is 9.90 Å². The van der Waals surface area contributed by atoms with Crippen LogP contribution in [0.25, 0.3) is 0 Å². The largest absolute Gasteiger partial charge is 0.480 e. The maximum Gasteiger partial charge on any atom is 0.317 e. The number of carboxylic acids is 1. The van der Waals surface area contributed by atoms with Crippen LogP contribution in [-0.2, 0) is 4.79 Å². The second-order valence-corrected chi connectivity index (χ2v) is 3.11. The molecule has 64 valence electrons. The fraction of sp³-hybridized carbons (Fsp3) is 0.857. The lowest BCUT2D eigenvalue weighted by molar-refractivity contribution is -0.138. The van der Waals surface area contributed by atoms with Crippen molar-refractivity contribution in [1.29, 1.82) is 0 Å². The number of nitrogens with one attached hydrogen (secondary N) is 1. The normalized spacial score (nSPS) is 18.4. The van der Waals surface area contributed by atoms with Crippen molar-refractivity contribution in [2.45, 2.75) is 0 Å². The van der Waals surface area contributed by atoms with E-state index in [0.717, 1.165) is 19.6 Å². The Labute approximate surface area is 66.2 Å². The average Bonchev–Trinajstić information content (AvgIpc) is 1.77. The summed E-state index contributed by atoms with van der Waals surface area (Å²) in [5.74, 6) is -0.0980. The van der Waals surface area contributed by atoms with E-state index >= 15 is 0 Å². The van der Waals surface area contributed by atoms with Gasteiger partial charge in [-0.15, -0.1) is 0 Å². The maximum atomic E-state index is 10.2. The second kappa shape index (κ2) is 3.69. The standard InChI is InChI=1S/C7H14N2O2/c1-9(5-7(10)11)4-6-2-8-3-6/h6,8H,2-5H2,1H3,(H,10,11). The molecule has 1 aliphatic heterocycles. The maximum absolute atomic E-state index is 10.2. The monoisotopic (exact) mass is 158 g/mol. The van der Waals surface area contributed by atoms with Gasteiger partial charge in [0.2, 0.25) is 0 Å². The summed E-state index contributed by atoms with van der Waals surface area (Å²) >= 11 is 0. The third-order valence-corrected chi connectivity index (χ3v) is 1.84. The molecule has 0 amide bonds. The van der Waals surface area contributed by atoms with Crippen LogP contribution in [0.15, 0.2) is 0 Å². The number of hydrogen-bond acceptors (Lipinski definition) is 3. The topological polar surface area (TPSA) is 52.6 Å². The summed E-state index contributed by atoms with van der Waals surface area (Å²) in [7, 11) is 1.84. The van der Waals surface area contributed by atoms with Crippen molar-refractivity contribution in [3.8, 4) is 0 Å². The molecule has 0 bridgehead atoms. The zero-order valence-electron chi connectivity index (χ0n) is 6.71. The van der Waals surface area contributed by atoms with Crippen molar-refractivity contribution in [3.63, 3.8) is 0 Å². The number of hydrogen-bond donors (Lipinski definition) is 2. The Balaban J connectivity index is 2.09. The molecule has 1 rings (SSSR count). The highest BCUT2D eigenvalue weighted by Crippen LogP contribution is 2.03. The molecule has 1 heterocycles. The quantitative estimate of drug-likeness (QED) is 0.563. The van der Waals surface area contributed by atoms with E-state index in [9.17, 15) is 4.79 Å². The molecule has 0 spiro atoms. The molecule has 0 saturated carbocycles. The summed E-state index contributed by atoms with van der Waals surface area (Å²) in [4.78, 5) is 12.1. The Morgan fingerprint density at radius 3 is 2.73 bits per heavy atom. The first-order valence-electron chi connectivity index (χ1n) is 3.79. The summed E-state index contributed by atoms with van der Waals surface area (Å²) in [6.45, 7) is 3.10. The SMILES string of the molecule is CN(CC(=O)O)CC1CNC1. The molecule has 0 radical (unpaired) electrons. The lowest BCUT2D eigenvalue weighted by Crippen LogP contribution is -2.48. The first-order chi connectivity index (χ1) is 5.18. The van der Waals surface area contributed by atoms with Crippen LogP contribution >= 0.6 is 0 Å². The predicted octanol–water partition coefficient (Wildman–Crippen LogP) is -0.778. The molecule has 0 aromatic carbocycles. The van der Waals surface area contributed by atoms with Gasteiger partial charge in [0.1, 0.15) is 0 Å². The third-order valence-electron chi connectivity index (χ3n) is 1.84. The zero-order chi connectivity index (χ0) is 8.27. The van der Waals surface area contributed by atoms with Crippen molar-refractivity contribution >= 4 is 5.97 Å². The molecule has 0 unspecified atom stereocenters. The minimum atomic E-state index is -0.750. The lowest BCUT2D eigenvalue weighted by atomic mass is 10.0. The number of likely N-dealkylation sites (N-methyl/N-ethyl adjacent to an activating group) is 1. The summed E-state index contributed by atoms with van der Waals surface area (Å²) in [5.41, 5.74) is 0. The molecule has 4 heteroatoms. The smallest absolute Gasteiger partial charge is 0.317 e. The molecule has 1 fully saturated rings.